The van der Waals surface area contributed by atoms with E-state index in [9.17, 15) is 9.59 Å². The zero-order valence-electron chi connectivity index (χ0n) is 20.2. The maximum Gasteiger partial charge on any atom is 0.256 e. The van der Waals surface area contributed by atoms with Crippen molar-refractivity contribution in [1.82, 2.24) is 15.1 Å². The Balaban J connectivity index is 1.24. The summed E-state index contributed by atoms with van der Waals surface area (Å²) < 4.78 is 3.56. The van der Waals surface area contributed by atoms with Crippen LogP contribution in [-0.2, 0) is 23.2 Å². The van der Waals surface area contributed by atoms with Crippen molar-refractivity contribution in [3.63, 3.8) is 0 Å². The summed E-state index contributed by atoms with van der Waals surface area (Å²) in [4.78, 5) is 29.8. The number of thioether (sulfide) groups is 1. The number of carbonyl (C=O) groups is 2. The third-order valence-electron chi connectivity index (χ3n) is 5.96. The Bertz CT molecular complexity index is 1460. The lowest BCUT2D eigenvalue weighted by molar-refractivity contribution is -0.592. The van der Waals surface area contributed by atoms with E-state index in [-0.39, 0.29) is 11.8 Å². The van der Waals surface area contributed by atoms with E-state index in [0.29, 0.717) is 24.4 Å². The van der Waals surface area contributed by atoms with Gasteiger partial charge in [0.2, 0.25) is 6.54 Å². The van der Waals surface area contributed by atoms with Crippen molar-refractivity contribution in [2.24, 2.45) is 12.2 Å². The van der Waals surface area contributed by atoms with Crippen molar-refractivity contribution in [2.75, 3.05) is 24.2 Å². The summed E-state index contributed by atoms with van der Waals surface area (Å²) in [6, 6.07) is 9.37. The Hall–Kier alpha value is -3.68. The fraction of sp³-hybridized carbons (Fsp3) is 0.269. The lowest BCUT2D eigenvalue weighted by Gasteiger charge is -2.20. The average Bonchev–Trinajstić information content (AvgIpc) is 3.57. The van der Waals surface area contributed by atoms with Crippen molar-refractivity contribution >= 4 is 39.9 Å². The van der Waals surface area contributed by atoms with Gasteiger partial charge < -0.3 is 10.2 Å². The molecule has 0 fully saturated rings. The summed E-state index contributed by atoms with van der Waals surface area (Å²) in [5, 5.41) is 12.3. The van der Waals surface area contributed by atoms with Gasteiger partial charge in [0.1, 0.15) is 22.8 Å². The van der Waals surface area contributed by atoms with Gasteiger partial charge >= 0.3 is 0 Å². The molecule has 8 nitrogen and oxygen atoms in total. The Morgan fingerprint density at radius 3 is 2.81 bits per heavy atom. The number of amides is 2. The molecule has 0 spiro atoms. The van der Waals surface area contributed by atoms with E-state index in [1.807, 2.05) is 55.2 Å². The molecule has 0 bridgehead atoms. The molecule has 1 aromatic carbocycles. The highest BCUT2D eigenvalue weighted by molar-refractivity contribution is 7.99. The highest BCUT2D eigenvalue weighted by atomic mass is 32.2. The summed E-state index contributed by atoms with van der Waals surface area (Å²) in [5.41, 5.74) is 3.57. The molecule has 182 valence electrons. The number of nitrogens with zero attached hydrogens (tertiary/aromatic N) is 5. The number of aromatic nitrogens is 2. The highest BCUT2D eigenvalue weighted by Gasteiger charge is 2.34. The first kappa shape index (κ1) is 24.0. The summed E-state index contributed by atoms with van der Waals surface area (Å²) in [6.07, 6.45) is 5.18. The van der Waals surface area contributed by atoms with E-state index in [1.54, 1.807) is 40.8 Å². The van der Waals surface area contributed by atoms with E-state index in [0.717, 1.165) is 31.5 Å². The molecule has 0 saturated heterocycles. The van der Waals surface area contributed by atoms with Crippen LogP contribution in [0.15, 0.2) is 64.5 Å². The maximum absolute atomic E-state index is 13.3. The van der Waals surface area contributed by atoms with Gasteiger partial charge in [-0.15, -0.1) is 27.8 Å². The molecule has 0 radical (unpaired) electrons. The molecule has 0 saturated carbocycles. The standard InChI is InChI=1S/C26H24N6O2S2/c1-17-22(10-9-19-11-27-30(2)13-19)36-26-23(17)35-16-21(25(34)31(26)3)29-24(33)20-12-28-32(15-20)14-18-7-5-4-6-8-18/h4-8,11-13,21H,14-16H2,1-3H3/p+1/t21-/m0/s1. The van der Waals surface area contributed by atoms with Crippen LogP contribution in [0, 0.1) is 18.8 Å². The van der Waals surface area contributed by atoms with Crippen LogP contribution in [0.4, 0.5) is 5.00 Å². The van der Waals surface area contributed by atoms with Crippen LogP contribution in [0.3, 0.4) is 0 Å². The molecular weight excluding hydrogens is 492 g/mol. The largest absolute Gasteiger partial charge is 0.339 e. The topological polar surface area (TPSA) is 82.6 Å². The predicted molar refractivity (Wildman–Crippen MR) is 140 cm³/mol. The van der Waals surface area contributed by atoms with Crippen LogP contribution in [0.1, 0.15) is 21.6 Å². The number of carbonyl (C=O) groups excluding carboxylic acids is 2. The lowest BCUT2D eigenvalue weighted by Crippen LogP contribution is -2.48. The van der Waals surface area contributed by atoms with Gasteiger partial charge in [0, 0.05) is 36.5 Å². The number of hydrogen-bond acceptors (Lipinski definition) is 6. The van der Waals surface area contributed by atoms with Crippen LogP contribution in [0.2, 0.25) is 0 Å². The summed E-state index contributed by atoms with van der Waals surface area (Å²) in [6.45, 7) is 3.07. The van der Waals surface area contributed by atoms with Gasteiger partial charge in [-0.2, -0.15) is 5.10 Å². The molecule has 2 aromatic heterocycles. The molecule has 4 heterocycles. The van der Waals surface area contributed by atoms with Crippen molar-refractivity contribution in [3.8, 4) is 11.8 Å². The Morgan fingerprint density at radius 1 is 1.25 bits per heavy atom. The Kier molecular flexibility index (Phi) is 6.76. The minimum absolute atomic E-state index is 0.140. The molecule has 5 rings (SSSR count). The first-order valence-electron chi connectivity index (χ1n) is 11.4. The zero-order chi connectivity index (χ0) is 25.2. The number of azo groups is 2. The van der Waals surface area contributed by atoms with Gasteiger partial charge in [-0.05, 0) is 17.6 Å². The SMILES string of the molecule is Cc1c(C#Cc2cnn(C)c2)sc2c1SC[C@H](NC(=O)C1=CN=[N+](Cc3ccccc3)C1)C(=O)N2C. The van der Waals surface area contributed by atoms with Gasteiger partial charge in [-0.25, -0.2) is 0 Å². The molecule has 36 heavy (non-hydrogen) atoms. The molecule has 2 aliphatic rings. The summed E-state index contributed by atoms with van der Waals surface area (Å²) in [7, 11) is 3.61. The van der Waals surface area contributed by atoms with Crippen molar-refractivity contribution < 1.29 is 14.3 Å². The fourth-order valence-corrected chi connectivity index (χ4v) is 6.51. The third-order valence-corrected chi connectivity index (χ3v) is 8.66. The second kappa shape index (κ2) is 10.1. The van der Waals surface area contributed by atoms with Crippen LogP contribution in [-0.4, -0.2) is 51.7 Å². The molecule has 10 heteroatoms. The number of benzene rings is 1. The number of hydrogen-bond donors (Lipinski definition) is 1. The zero-order valence-corrected chi connectivity index (χ0v) is 21.8. The molecule has 3 aromatic rings. The smallest absolute Gasteiger partial charge is 0.256 e. The van der Waals surface area contributed by atoms with Gasteiger partial charge in [0.05, 0.1) is 16.6 Å². The van der Waals surface area contributed by atoms with Gasteiger partial charge in [0.25, 0.3) is 11.8 Å². The number of nitrogens with one attached hydrogen (secondary N) is 1. The number of aryl methyl sites for hydroxylation is 1. The van der Waals surface area contributed by atoms with Crippen molar-refractivity contribution in [1.29, 1.82) is 0 Å². The second-order valence-electron chi connectivity index (χ2n) is 8.66. The summed E-state index contributed by atoms with van der Waals surface area (Å²) in [5.74, 6) is 6.43. The van der Waals surface area contributed by atoms with Crippen LogP contribution in [0.25, 0.3) is 0 Å². The molecule has 0 unspecified atom stereocenters. The Morgan fingerprint density at radius 2 is 2.06 bits per heavy atom. The minimum Gasteiger partial charge on any atom is -0.339 e. The lowest BCUT2D eigenvalue weighted by atomic mass is 10.2. The number of anilines is 1. The van der Waals surface area contributed by atoms with Crippen LogP contribution >= 0.6 is 23.1 Å². The second-order valence-corrected chi connectivity index (χ2v) is 10.7. The molecule has 2 aliphatic heterocycles. The predicted octanol–water partition coefficient (Wildman–Crippen LogP) is 3.31. The van der Waals surface area contributed by atoms with E-state index in [4.69, 9.17) is 0 Å². The van der Waals surface area contributed by atoms with E-state index in [2.05, 4.69) is 27.4 Å². The number of fused-ring (bicyclic) bond motifs is 1. The quantitative estimate of drug-likeness (QED) is 0.425. The average molecular weight is 518 g/mol. The first-order valence-corrected chi connectivity index (χ1v) is 13.2. The van der Waals surface area contributed by atoms with Crippen molar-refractivity contribution in [2.45, 2.75) is 24.4 Å². The third kappa shape index (κ3) is 4.98. The molecule has 0 aliphatic carbocycles. The molecule has 1 N–H and O–H groups in total. The first-order chi connectivity index (χ1) is 17.4. The van der Waals surface area contributed by atoms with E-state index in [1.165, 1.54) is 11.3 Å². The Labute approximate surface area is 217 Å². The number of rotatable bonds is 4. The van der Waals surface area contributed by atoms with E-state index >= 15 is 0 Å². The van der Waals surface area contributed by atoms with Gasteiger partial charge in [-0.3, -0.25) is 14.3 Å². The van der Waals surface area contributed by atoms with Crippen molar-refractivity contribution in [3.05, 3.63) is 76.1 Å². The highest BCUT2D eigenvalue weighted by Crippen LogP contribution is 2.44. The van der Waals surface area contributed by atoms with E-state index < -0.39 is 6.04 Å². The van der Waals surface area contributed by atoms with Crippen LogP contribution in [0.5, 0.6) is 0 Å². The fourth-order valence-electron chi connectivity index (χ4n) is 3.98. The number of likely N-dealkylation sites (N-methyl/N-ethyl adjacent to an activating group) is 1. The molecular formula is C26H25N6O2S2+. The normalized spacial score (nSPS) is 17.0. The maximum atomic E-state index is 13.3. The monoisotopic (exact) mass is 517 g/mol. The van der Waals surface area contributed by atoms with Gasteiger partial charge in [-0.1, -0.05) is 42.2 Å². The minimum atomic E-state index is -0.625. The molecule has 2 amide bonds. The van der Waals surface area contributed by atoms with Gasteiger partial charge in [0.15, 0.2) is 6.54 Å². The summed E-state index contributed by atoms with van der Waals surface area (Å²) >= 11 is 3.08. The van der Waals surface area contributed by atoms with Crippen LogP contribution < -0.4 is 10.2 Å². The number of thiophene rings is 1. The molecule has 1 atom stereocenters.